The van der Waals surface area contributed by atoms with Crippen molar-refractivity contribution in [3.63, 3.8) is 0 Å². The Morgan fingerprint density at radius 1 is 0.947 bits per heavy atom. The van der Waals surface area contributed by atoms with E-state index in [2.05, 4.69) is 5.32 Å². The third kappa shape index (κ3) is 3.13. The number of hydrogen-bond donors (Lipinski definition) is 1. The molecule has 106 valence electrons. The maximum atomic E-state index is 5.41. The van der Waals surface area contributed by atoms with Crippen LogP contribution in [-0.4, -0.2) is 27.9 Å². The predicted octanol–water partition coefficient (Wildman–Crippen LogP) is 2.92. The minimum Gasteiger partial charge on any atom is -0.493 e. The van der Waals surface area contributed by atoms with Gasteiger partial charge in [0.2, 0.25) is 5.75 Å². The first-order valence-corrected chi connectivity index (χ1v) is 6.83. The quantitative estimate of drug-likeness (QED) is 0.908. The molecule has 0 amide bonds. The molecule has 19 heavy (non-hydrogen) atoms. The second kappa shape index (κ2) is 6.66. The summed E-state index contributed by atoms with van der Waals surface area (Å²) in [6.07, 6.45) is 4.96. The Morgan fingerprint density at radius 3 is 2.21 bits per heavy atom. The van der Waals surface area contributed by atoms with Crippen molar-refractivity contribution < 1.29 is 14.2 Å². The lowest BCUT2D eigenvalue weighted by Gasteiger charge is -2.20. The van der Waals surface area contributed by atoms with Crippen molar-refractivity contribution in [3.05, 3.63) is 17.7 Å². The molecule has 1 aromatic rings. The molecule has 2 rings (SSSR count). The maximum absolute atomic E-state index is 5.41. The lowest BCUT2D eigenvalue weighted by atomic mass is 10.0. The van der Waals surface area contributed by atoms with Crippen LogP contribution in [0.2, 0.25) is 0 Å². The molecule has 0 radical (unpaired) electrons. The van der Waals surface area contributed by atoms with Gasteiger partial charge in [0, 0.05) is 6.04 Å². The molecule has 1 atom stereocenters. The fourth-order valence-electron chi connectivity index (χ4n) is 2.62. The van der Waals surface area contributed by atoms with Crippen LogP contribution >= 0.6 is 0 Å². The molecule has 1 fully saturated rings. The molecule has 0 saturated carbocycles. The zero-order valence-corrected chi connectivity index (χ0v) is 12.0. The third-order valence-electron chi connectivity index (χ3n) is 3.65. The molecular weight excluding hydrogens is 242 g/mol. The van der Waals surface area contributed by atoms with Gasteiger partial charge in [0.15, 0.2) is 11.5 Å². The summed E-state index contributed by atoms with van der Waals surface area (Å²) in [6.45, 7) is 1.07. The monoisotopic (exact) mass is 265 g/mol. The van der Waals surface area contributed by atoms with Gasteiger partial charge in [0.05, 0.1) is 21.3 Å². The summed E-state index contributed by atoms with van der Waals surface area (Å²) in [6, 6.07) is 4.46. The Morgan fingerprint density at radius 2 is 1.63 bits per heavy atom. The number of hydrogen-bond acceptors (Lipinski definition) is 4. The third-order valence-corrected chi connectivity index (χ3v) is 3.65. The van der Waals surface area contributed by atoms with Gasteiger partial charge in [-0.25, -0.2) is 0 Å². The first-order chi connectivity index (χ1) is 9.30. The first kappa shape index (κ1) is 14.0. The van der Waals surface area contributed by atoms with E-state index in [-0.39, 0.29) is 0 Å². The van der Waals surface area contributed by atoms with Gasteiger partial charge in [-0.1, -0.05) is 12.8 Å². The lowest BCUT2D eigenvalue weighted by molar-refractivity contribution is 0.323. The minimum absolute atomic E-state index is 0.371. The summed E-state index contributed by atoms with van der Waals surface area (Å²) in [7, 11) is 4.94. The van der Waals surface area contributed by atoms with Crippen molar-refractivity contribution in [2.45, 2.75) is 31.7 Å². The van der Waals surface area contributed by atoms with Gasteiger partial charge >= 0.3 is 0 Å². The van der Waals surface area contributed by atoms with Crippen molar-refractivity contribution in [1.29, 1.82) is 0 Å². The van der Waals surface area contributed by atoms with Gasteiger partial charge in [-0.2, -0.15) is 0 Å². The molecule has 1 saturated heterocycles. The fourth-order valence-corrected chi connectivity index (χ4v) is 2.62. The molecule has 1 unspecified atom stereocenters. The Labute approximate surface area is 115 Å². The van der Waals surface area contributed by atoms with Gasteiger partial charge in [-0.05, 0) is 37.1 Å². The highest BCUT2D eigenvalue weighted by molar-refractivity contribution is 5.54. The van der Waals surface area contributed by atoms with Crippen molar-refractivity contribution in [1.82, 2.24) is 5.32 Å². The summed E-state index contributed by atoms with van der Waals surface area (Å²) in [5.74, 6) is 2.10. The Hall–Kier alpha value is -1.42. The average Bonchev–Trinajstić information content (AvgIpc) is 2.74. The zero-order chi connectivity index (χ0) is 13.7. The highest BCUT2D eigenvalue weighted by Gasteiger charge is 2.19. The van der Waals surface area contributed by atoms with Crippen LogP contribution in [0.15, 0.2) is 12.1 Å². The molecule has 0 bridgehead atoms. The van der Waals surface area contributed by atoms with Crippen molar-refractivity contribution in [3.8, 4) is 17.2 Å². The van der Waals surface area contributed by atoms with E-state index in [1.807, 2.05) is 12.1 Å². The minimum atomic E-state index is 0.371. The molecule has 1 heterocycles. The molecule has 0 aliphatic carbocycles. The number of nitrogens with one attached hydrogen (secondary N) is 1. The van der Waals surface area contributed by atoms with Crippen LogP contribution in [0, 0.1) is 0 Å². The zero-order valence-electron chi connectivity index (χ0n) is 12.0. The molecule has 1 aliphatic heterocycles. The molecule has 1 N–H and O–H groups in total. The van der Waals surface area contributed by atoms with Gasteiger partial charge < -0.3 is 19.5 Å². The molecule has 0 spiro atoms. The van der Waals surface area contributed by atoms with E-state index < -0.39 is 0 Å². The van der Waals surface area contributed by atoms with E-state index in [4.69, 9.17) is 14.2 Å². The molecule has 1 aliphatic rings. The highest BCUT2D eigenvalue weighted by atomic mass is 16.5. The Kier molecular flexibility index (Phi) is 4.91. The summed E-state index contributed by atoms with van der Waals surface area (Å²) >= 11 is 0. The van der Waals surface area contributed by atoms with Crippen LogP contribution in [0.25, 0.3) is 0 Å². The number of benzene rings is 1. The normalized spacial score (nSPS) is 19.6. The van der Waals surface area contributed by atoms with E-state index in [9.17, 15) is 0 Å². The van der Waals surface area contributed by atoms with Crippen LogP contribution in [0.3, 0.4) is 0 Å². The summed E-state index contributed by atoms with van der Waals surface area (Å²) < 4.78 is 16.2. The lowest BCUT2D eigenvalue weighted by Crippen LogP contribution is -2.20. The van der Waals surface area contributed by atoms with E-state index >= 15 is 0 Å². The standard InChI is InChI=1S/C15H23NO3/c1-17-13-9-11(10-14(18-2)15(13)19-3)12-7-5-4-6-8-16-12/h9-10,12,16H,4-8H2,1-3H3. The summed E-state index contributed by atoms with van der Waals surface area (Å²) in [4.78, 5) is 0. The predicted molar refractivity (Wildman–Crippen MR) is 75.3 cm³/mol. The van der Waals surface area contributed by atoms with Gasteiger partial charge in [0.1, 0.15) is 0 Å². The second-order valence-electron chi connectivity index (χ2n) is 4.81. The molecular formula is C15H23NO3. The SMILES string of the molecule is COc1cc(C2CCCCCN2)cc(OC)c1OC. The van der Waals surface area contributed by atoms with Crippen LogP contribution in [0.4, 0.5) is 0 Å². The van der Waals surface area contributed by atoms with E-state index in [1.54, 1.807) is 21.3 Å². The summed E-state index contributed by atoms with van der Waals surface area (Å²) in [5.41, 5.74) is 1.21. The van der Waals surface area contributed by atoms with Crippen molar-refractivity contribution in [2.24, 2.45) is 0 Å². The number of ether oxygens (including phenoxy) is 3. The fraction of sp³-hybridized carbons (Fsp3) is 0.600. The van der Waals surface area contributed by atoms with E-state index in [1.165, 1.54) is 24.8 Å². The van der Waals surface area contributed by atoms with Crippen molar-refractivity contribution >= 4 is 0 Å². The highest BCUT2D eigenvalue weighted by Crippen LogP contribution is 2.40. The molecule has 1 aromatic carbocycles. The molecule has 0 aromatic heterocycles. The maximum Gasteiger partial charge on any atom is 0.203 e. The van der Waals surface area contributed by atoms with E-state index in [0.717, 1.165) is 24.5 Å². The number of methoxy groups -OCH3 is 3. The van der Waals surface area contributed by atoms with Crippen LogP contribution < -0.4 is 19.5 Å². The first-order valence-electron chi connectivity index (χ1n) is 6.83. The summed E-state index contributed by atoms with van der Waals surface area (Å²) in [5, 5.41) is 3.59. The largest absolute Gasteiger partial charge is 0.493 e. The van der Waals surface area contributed by atoms with Gasteiger partial charge in [-0.3, -0.25) is 0 Å². The second-order valence-corrected chi connectivity index (χ2v) is 4.81. The number of rotatable bonds is 4. The van der Waals surface area contributed by atoms with Crippen LogP contribution in [0.1, 0.15) is 37.3 Å². The van der Waals surface area contributed by atoms with Crippen LogP contribution in [-0.2, 0) is 0 Å². The Bertz CT molecular complexity index is 387. The molecule has 4 nitrogen and oxygen atoms in total. The average molecular weight is 265 g/mol. The van der Waals surface area contributed by atoms with Gasteiger partial charge in [0.25, 0.3) is 0 Å². The van der Waals surface area contributed by atoms with Gasteiger partial charge in [-0.15, -0.1) is 0 Å². The van der Waals surface area contributed by atoms with E-state index in [0.29, 0.717) is 11.8 Å². The van der Waals surface area contributed by atoms with Crippen LogP contribution in [0.5, 0.6) is 17.2 Å². The molecule has 4 heteroatoms. The van der Waals surface area contributed by atoms with Crippen molar-refractivity contribution in [2.75, 3.05) is 27.9 Å². The topological polar surface area (TPSA) is 39.7 Å². The smallest absolute Gasteiger partial charge is 0.203 e. The Balaban J connectivity index is 2.34.